The number of hydrogen-bond donors (Lipinski definition) is 1. The van der Waals surface area contributed by atoms with Crippen molar-refractivity contribution in [1.29, 1.82) is 0 Å². The van der Waals surface area contributed by atoms with Gasteiger partial charge in [0.25, 0.3) is 0 Å². The molecule has 0 aromatic heterocycles. The van der Waals surface area contributed by atoms with Crippen LogP contribution < -0.4 is 9.47 Å². The number of benzene rings is 4. The van der Waals surface area contributed by atoms with Gasteiger partial charge < -0.3 is 14.6 Å². The van der Waals surface area contributed by atoms with Crippen LogP contribution in [0.2, 0.25) is 0 Å². The first-order valence-corrected chi connectivity index (χ1v) is 20.0. The summed E-state index contributed by atoms with van der Waals surface area (Å²) in [5.41, 5.74) is 2.97. The van der Waals surface area contributed by atoms with Gasteiger partial charge in [0.1, 0.15) is 0 Å². The van der Waals surface area contributed by atoms with Crippen molar-refractivity contribution in [2.24, 2.45) is 23.7 Å². The molecule has 9 rings (SSSR count). The summed E-state index contributed by atoms with van der Waals surface area (Å²) in [7, 11) is 2.91. The Bertz CT molecular complexity index is 2270. The lowest BCUT2D eigenvalue weighted by Crippen LogP contribution is -2.58. The molecule has 4 aromatic carbocycles. The van der Waals surface area contributed by atoms with E-state index in [2.05, 4.69) is 23.1 Å². The van der Waals surface area contributed by atoms with Crippen LogP contribution in [0.4, 0.5) is 0 Å². The van der Waals surface area contributed by atoms with Gasteiger partial charge in [-0.3, -0.25) is 29.0 Å². The maximum atomic E-state index is 15.4. The van der Waals surface area contributed by atoms with E-state index in [1.54, 1.807) is 17.0 Å². The summed E-state index contributed by atoms with van der Waals surface area (Å²) < 4.78 is 11.3. The fourth-order valence-corrected chi connectivity index (χ4v) is 10.9. The van der Waals surface area contributed by atoms with E-state index in [9.17, 15) is 14.7 Å². The van der Waals surface area contributed by atoms with E-state index >= 15 is 9.59 Å². The summed E-state index contributed by atoms with van der Waals surface area (Å²) in [6, 6.07) is 32.3. The average molecular weight is 763 g/mol. The molecular weight excluding hydrogens is 717 g/mol. The number of likely N-dealkylation sites (tertiary alicyclic amines) is 2. The molecule has 2 heterocycles. The van der Waals surface area contributed by atoms with E-state index < -0.39 is 35.0 Å². The lowest BCUT2D eigenvalue weighted by Gasteiger charge is -2.55. The number of piperidine rings is 1. The van der Waals surface area contributed by atoms with Gasteiger partial charge in [-0.2, -0.15) is 0 Å². The van der Waals surface area contributed by atoms with Crippen molar-refractivity contribution in [3.63, 3.8) is 0 Å². The zero-order valence-corrected chi connectivity index (χ0v) is 32.2. The number of carbonyl (C=O) groups excluding carboxylic acids is 4. The van der Waals surface area contributed by atoms with Crippen LogP contribution in [-0.4, -0.2) is 71.6 Å². The van der Waals surface area contributed by atoms with Crippen LogP contribution in [-0.2, 0) is 31.1 Å². The number of carbonyl (C=O) groups is 4. The number of ketones is 2. The van der Waals surface area contributed by atoms with E-state index in [4.69, 9.17) is 9.47 Å². The van der Waals surface area contributed by atoms with Gasteiger partial charge in [-0.05, 0) is 72.1 Å². The molecule has 0 spiro atoms. The number of Topliss-reactive ketones (excluding diaryl/α,β-unsaturated/α-hetero) is 1. The van der Waals surface area contributed by atoms with Crippen molar-refractivity contribution in [1.82, 2.24) is 9.80 Å². The fourth-order valence-electron chi connectivity index (χ4n) is 10.9. The predicted molar refractivity (Wildman–Crippen MR) is 214 cm³/mol. The monoisotopic (exact) mass is 762 g/mol. The molecule has 1 saturated carbocycles. The molecule has 4 aromatic rings. The summed E-state index contributed by atoms with van der Waals surface area (Å²) in [6.07, 6.45) is 5.53. The number of imide groups is 1. The number of nitrogens with zero attached hydrogens (tertiary/aromatic N) is 2. The normalized spacial score (nSPS) is 27.6. The molecule has 2 saturated heterocycles. The van der Waals surface area contributed by atoms with Gasteiger partial charge in [-0.1, -0.05) is 103 Å². The van der Waals surface area contributed by atoms with Gasteiger partial charge in [0, 0.05) is 43.1 Å². The second kappa shape index (κ2) is 14.6. The Hall–Kier alpha value is -5.80. The van der Waals surface area contributed by atoms with E-state index in [0.717, 1.165) is 25.2 Å². The van der Waals surface area contributed by atoms with Gasteiger partial charge in [0.2, 0.25) is 17.6 Å². The van der Waals surface area contributed by atoms with Gasteiger partial charge in [0.05, 0.1) is 31.5 Å². The minimum absolute atomic E-state index is 0.137. The molecule has 6 atom stereocenters. The molecule has 3 aliphatic carbocycles. The van der Waals surface area contributed by atoms with Crippen LogP contribution in [0.3, 0.4) is 0 Å². The Labute approximate surface area is 332 Å². The Kier molecular flexibility index (Phi) is 9.44. The van der Waals surface area contributed by atoms with Crippen LogP contribution >= 0.6 is 0 Å². The highest BCUT2D eigenvalue weighted by atomic mass is 16.5. The Morgan fingerprint density at radius 3 is 2.02 bits per heavy atom. The number of aromatic hydroxyl groups is 1. The number of allylic oxidation sites excluding steroid dienone is 4. The molecule has 2 aliphatic heterocycles. The molecule has 0 unspecified atom stereocenters. The summed E-state index contributed by atoms with van der Waals surface area (Å²) in [6.45, 7) is 2.37. The van der Waals surface area contributed by atoms with Crippen molar-refractivity contribution in [2.45, 2.75) is 49.6 Å². The van der Waals surface area contributed by atoms with Gasteiger partial charge in [-0.25, -0.2) is 0 Å². The number of fused-ring (bicyclic) bond motifs is 4. The third-order valence-electron chi connectivity index (χ3n) is 13.4. The van der Waals surface area contributed by atoms with Crippen LogP contribution in [0.1, 0.15) is 53.9 Å². The average Bonchev–Trinajstić information content (AvgIpc) is 3.51. The summed E-state index contributed by atoms with van der Waals surface area (Å²) in [5, 5.41) is 11.1. The summed E-state index contributed by atoms with van der Waals surface area (Å²) in [5.74, 6) is -3.92. The topological polar surface area (TPSA) is 113 Å². The molecule has 0 bridgehead atoms. The Morgan fingerprint density at radius 1 is 0.772 bits per heavy atom. The molecular formula is C48H46N2O7. The van der Waals surface area contributed by atoms with Crippen LogP contribution in [0.15, 0.2) is 121 Å². The third kappa shape index (κ3) is 5.85. The van der Waals surface area contributed by atoms with E-state index in [-0.39, 0.29) is 53.1 Å². The lowest BCUT2D eigenvalue weighted by molar-refractivity contribution is -0.144. The number of methoxy groups -OCH3 is 2. The quantitative estimate of drug-likeness (QED) is 0.153. The second-order valence-corrected chi connectivity index (χ2v) is 16.1. The smallest absolute Gasteiger partial charge is 0.233 e. The van der Waals surface area contributed by atoms with Crippen molar-refractivity contribution >= 4 is 29.0 Å². The number of amides is 2. The molecule has 9 heteroatoms. The second-order valence-electron chi connectivity index (χ2n) is 16.1. The molecule has 5 aliphatic rings. The molecule has 0 radical (unpaired) electrons. The zero-order valence-electron chi connectivity index (χ0n) is 32.2. The predicted octanol–water partition coefficient (Wildman–Crippen LogP) is 6.90. The van der Waals surface area contributed by atoms with E-state index in [0.29, 0.717) is 41.5 Å². The third-order valence-corrected chi connectivity index (χ3v) is 13.4. The largest absolute Gasteiger partial charge is 0.502 e. The summed E-state index contributed by atoms with van der Waals surface area (Å²) >= 11 is 0. The minimum Gasteiger partial charge on any atom is -0.502 e. The number of hydrogen-bond acceptors (Lipinski definition) is 8. The van der Waals surface area contributed by atoms with Crippen molar-refractivity contribution in [3.8, 4) is 17.2 Å². The highest BCUT2D eigenvalue weighted by molar-refractivity contribution is 6.31. The number of phenolic OH excluding ortho intramolecular Hbond substituents is 1. The van der Waals surface area contributed by atoms with Crippen LogP contribution in [0, 0.1) is 23.7 Å². The number of phenols is 1. The number of rotatable bonds is 8. The Balaban J connectivity index is 1.16. The molecule has 3 fully saturated rings. The number of ether oxygens (including phenoxy) is 2. The minimum atomic E-state index is -1.41. The molecule has 1 N–H and O–H groups in total. The summed E-state index contributed by atoms with van der Waals surface area (Å²) in [4.78, 5) is 63.9. The maximum Gasteiger partial charge on any atom is 0.233 e. The van der Waals surface area contributed by atoms with E-state index in [1.807, 2.05) is 78.9 Å². The first-order valence-electron chi connectivity index (χ1n) is 20.0. The van der Waals surface area contributed by atoms with Crippen molar-refractivity contribution in [3.05, 3.63) is 143 Å². The molecule has 2 amide bonds. The maximum absolute atomic E-state index is 15.4. The van der Waals surface area contributed by atoms with Crippen LogP contribution in [0.25, 0.3) is 5.57 Å². The van der Waals surface area contributed by atoms with Crippen molar-refractivity contribution < 1.29 is 33.8 Å². The standard InChI is InChI=1S/C48H46N2O7/c1-56-39-24-31(25-40(57-2)45(39)53)43-34-18-19-35-42(47(55)50(46(35)54)33-20-22-49(23-21-33)28-29-12-6-3-7-13-29)37(34)26-38-44(52)36(30-14-8-4-9-15-30)27-41(51)48(38,43)32-16-10-5-11-17-32/h3-18,24-25,27,33,35,37-38,42-43,53H,19-23,26,28H2,1-2H3/t35-,37+,38-,42-,43-,48-/m0/s1. The zero-order chi connectivity index (χ0) is 39.4. The fraction of sp³-hybridized carbons (Fsp3) is 0.333. The SMILES string of the molecule is COc1cc([C@H]2C3=CC[C@@H]4C(=O)N(C5CCN(Cc6ccccc6)CC5)C(=O)[C@@H]4[C@@H]3C[C@H]3C(=O)C(c4ccccc4)=CC(=O)[C@@]23c2ccccc2)cc(OC)c1O. The molecule has 57 heavy (non-hydrogen) atoms. The first kappa shape index (κ1) is 36.8. The van der Waals surface area contributed by atoms with Gasteiger partial charge >= 0.3 is 0 Å². The Morgan fingerprint density at radius 2 is 1.39 bits per heavy atom. The van der Waals surface area contributed by atoms with Crippen molar-refractivity contribution in [2.75, 3.05) is 27.3 Å². The van der Waals surface area contributed by atoms with E-state index in [1.165, 1.54) is 25.9 Å². The van der Waals surface area contributed by atoms with Gasteiger partial charge in [0.15, 0.2) is 23.1 Å². The molecule has 9 nitrogen and oxygen atoms in total. The van der Waals surface area contributed by atoms with Crippen LogP contribution in [0.5, 0.6) is 17.2 Å². The highest BCUT2D eigenvalue weighted by Crippen LogP contribution is 2.64. The molecule has 290 valence electrons. The van der Waals surface area contributed by atoms with Gasteiger partial charge in [-0.15, -0.1) is 0 Å². The first-order chi connectivity index (χ1) is 27.8. The highest BCUT2D eigenvalue weighted by Gasteiger charge is 2.66. The lowest BCUT2D eigenvalue weighted by atomic mass is 9.44.